The fourth-order valence-corrected chi connectivity index (χ4v) is 5.73. The number of fused-ring (bicyclic) bond motifs is 1. The van der Waals surface area contributed by atoms with E-state index in [1.165, 1.54) is 5.57 Å². The van der Waals surface area contributed by atoms with Gasteiger partial charge in [0.25, 0.3) is 0 Å². The predicted octanol–water partition coefficient (Wildman–Crippen LogP) is 6.06. The fraction of sp³-hybridized carbons (Fsp3) is 0.682. The van der Waals surface area contributed by atoms with E-state index in [0.29, 0.717) is 12.2 Å². The van der Waals surface area contributed by atoms with Crippen molar-refractivity contribution >= 4 is 14.1 Å². The summed E-state index contributed by atoms with van der Waals surface area (Å²) in [6.45, 7) is 13.9. The molecule has 144 valence electrons. The molecule has 0 N–H and O–H groups in total. The maximum absolute atomic E-state index is 12.7. The van der Waals surface area contributed by atoms with Gasteiger partial charge in [-0.15, -0.1) is 0 Å². The molecule has 3 nitrogen and oxygen atoms in total. The Bertz CT molecular complexity index is 693. The molecule has 0 aromatic carbocycles. The van der Waals surface area contributed by atoms with E-state index in [1.54, 1.807) is 6.26 Å². The highest BCUT2D eigenvalue weighted by atomic mass is 28.4. The van der Waals surface area contributed by atoms with Crippen molar-refractivity contribution in [1.29, 1.82) is 0 Å². The minimum absolute atomic E-state index is 0.0297. The number of ketones is 1. The SMILES string of the molecule is CC(C)(C)[Si](C)(C)O[C@H]1CCC2=C(CCc3ccco3)C(=O)CC[C@@]21C. The average Bonchev–Trinajstić information content (AvgIpc) is 3.15. The number of aryl methyl sites for hydroxylation is 1. The quantitative estimate of drug-likeness (QED) is 0.588. The maximum atomic E-state index is 12.7. The van der Waals surface area contributed by atoms with Crippen molar-refractivity contribution in [3.05, 3.63) is 35.3 Å². The predicted molar refractivity (Wildman–Crippen MR) is 108 cm³/mol. The molecule has 0 aliphatic heterocycles. The van der Waals surface area contributed by atoms with Crippen LogP contribution in [0.25, 0.3) is 0 Å². The summed E-state index contributed by atoms with van der Waals surface area (Å²) in [6, 6.07) is 3.91. The molecule has 1 aromatic heterocycles. The summed E-state index contributed by atoms with van der Waals surface area (Å²) in [5.41, 5.74) is 2.47. The van der Waals surface area contributed by atoms with E-state index < -0.39 is 8.32 Å². The zero-order chi connectivity index (χ0) is 19.2. The van der Waals surface area contributed by atoms with E-state index in [9.17, 15) is 4.79 Å². The Morgan fingerprint density at radius 2 is 2.00 bits per heavy atom. The van der Waals surface area contributed by atoms with Crippen LogP contribution in [0.4, 0.5) is 0 Å². The van der Waals surface area contributed by atoms with Crippen molar-refractivity contribution in [1.82, 2.24) is 0 Å². The zero-order valence-corrected chi connectivity index (χ0v) is 18.3. The van der Waals surface area contributed by atoms with Crippen LogP contribution in [0.15, 0.2) is 34.0 Å². The number of rotatable bonds is 5. The molecule has 0 bridgehead atoms. The molecule has 1 aromatic rings. The summed E-state index contributed by atoms with van der Waals surface area (Å²) in [5.74, 6) is 1.31. The Kier molecular flexibility index (Phi) is 5.13. The third kappa shape index (κ3) is 3.50. The molecule has 26 heavy (non-hydrogen) atoms. The maximum Gasteiger partial charge on any atom is 0.192 e. The molecule has 2 atom stereocenters. The van der Waals surface area contributed by atoms with Crippen molar-refractivity contribution < 1.29 is 13.6 Å². The lowest BCUT2D eigenvalue weighted by atomic mass is 9.70. The molecule has 4 heteroatoms. The monoisotopic (exact) mass is 374 g/mol. The zero-order valence-electron chi connectivity index (χ0n) is 17.3. The summed E-state index contributed by atoms with van der Waals surface area (Å²) in [5, 5.41) is 0.211. The van der Waals surface area contributed by atoms with Crippen LogP contribution in [0.1, 0.15) is 65.6 Å². The van der Waals surface area contributed by atoms with E-state index >= 15 is 0 Å². The molecule has 0 unspecified atom stereocenters. The van der Waals surface area contributed by atoms with Crippen LogP contribution in [0, 0.1) is 5.41 Å². The minimum atomic E-state index is -1.82. The van der Waals surface area contributed by atoms with E-state index in [0.717, 1.165) is 43.4 Å². The number of Topliss-reactive ketones (excluding diaryl/α,β-unsaturated/α-hetero) is 1. The van der Waals surface area contributed by atoms with Crippen molar-refractivity contribution in [2.45, 2.75) is 90.5 Å². The highest BCUT2D eigenvalue weighted by Gasteiger charge is 2.51. The van der Waals surface area contributed by atoms with E-state index in [4.69, 9.17) is 8.84 Å². The molecule has 2 aliphatic rings. The molecule has 0 spiro atoms. The van der Waals surface area contributed by atoms with Crippen molar-refractivity contribution in [3.63, 3.8) is 0 Å². The van der Waals surface area contributed by atoms with Gasteiger partial charge in [0.2, 0.25) is 0 Å². The van der Waals surface area contributed by atoms with Crippen LogP contribution in [0.3, 0.4) is 0 Å². The third-order valence-corrected chi connectivity index (χ3v) is 11.6. The van der Waals surface area contributed by atoms with Crippen molar-refractivity contribution in [2.75, 3.05) is 0 Å². The highest BCUT2D eigenvalue weighted by Crippen LogP contribution is 2.54. The van der Waals surface area contributed by atoms with E-state index in [-0.39, 0.29) is 16.6 Å². The van der Waals surface area contributed by atoms with Crippen LogP contribution in [-0.4, -0.2) is 20.2 Å². The molecule has 1 heterocycles. The van der Waals surface area contributed by atoms with Gasteiger partial charge in [-0.25, -0.2) is 0 Å². The normalized spacial score (nSPS) is 27.2. The van der Waals surface area contributed by atoms with Crippen LogP contribution in [0.5, 0.6) is 0 Å². The largest absolute Gasteiger partial charge is 0.469 e. The van der Waals surface area contributed by atoms with Crippen LogP contribution in [-0.2, 0) is 15.6 Å². The molecule has 0 radical (unpaired) electrons. The number of hydrogen-bond donors (Lipinski definition) is 0. The van der Waals surface area contributed by atoms with E-state index in [1.807, 2.05) is 12.1 Å². The second kappa shape index (κ2) is 6.79. The van der Waals surface area contributed by atoms with Gasteiger partial charge in [-0.2, -0.15) is 0 Å². The van der Waals surface area contributed by atoms with Crippen molar-refractivity contribution in [2.24, 2.45) is 5.41 Å². The number of furan rings is 1. The van der Waals surface area contributed by atoms with Gasteiger partial charge in [0.05, 0.1) is 12.4 Å². The Morgan fingerprint density at radius 3 is 2.62 bits per heavy atom. The Morgan fingerprint density at radius 1 is 1.27 bits per heavy atom. The number of allylic oxidation sites excluding steroid dienone is 1. The van der Waals surface area contributed by atoms with Gasteiger partial charge in [-0.05, 0) is 61.5 Å². The topological polar surface area (TPSA) is 39.4 Å². The Balaban J connectivity index is 1.83. The van der Waals surface area contributed by atoms with Gasteiger partial charge in [0, 0.05) is 18.3 Å². The summed E-state index contributed by atoms with van der Waals surface area (Å²) in [6.07, 6.45) is 7.22. The lowest BCUT2D eigenvalue weighted by molar-refractivity contribution is -0.117. The van der Waals surface area contributed by atoms with Crippen LogP contribution < -0.4 is 0 Å². The first-order valence-electron chi connectivity index (χ1n) is 10.0. The van der Waals surface area contributed by atoms with Gasteiger partial charge in [-0.3, -0.25) is 4.79 Å². The molecule has 0 amide bonds. The first kappa shape index (κ1) is 19.6. The number of carbonyl (C=O) groups excluding carboxylic acids is 1. The van der Waals surface area contributed by atoms with Gasteiger partial charge in [0.15, 0.2) is 14.1 Å². The highest BCUT2D eigenvalue weighted by molar-refractivity contribution is 6.74. The summed E-state index contributed by atoms with van der Waals surface area (Å²) in [7, 11) is -1.82. The van der Waals surface area contributed by atoms with Gasteiger partial charge >= 0.3 is 0 Å². The third-order valence-electron chi connectivity index (χ3n) is 7.07. The van der Waals surface area contributed by atoms with Crippen LogP contribution >= 0.6 is 0 Å². The van der Waals surface area contributed by atoms with Gasteiger partial charge in [0.1, 0.15) is 5.76 Å². The molecule has 1 fully saturated rings. The summed E-state index contributed by atoms with van der Waals surface area (Å²) >= 11 is 0. The smallest absolute Gasteiger partial charge is 0.192 e. The molecule has 1 saturated carbocycles. The number of hydrogen-bond acceptors (Lipinski definition) is 3. The first-order chi connectivity index (χ1) is 12.0. The first-order valence-corrected chi connectivity index (χ1v) is 12.9. The summed E-state index contributed by atoms with van der Waals surface area (Å²) in [4.78, 5) is 12.7. The van der Waals surface area contributed by atoms with Gasteiger partial charge < -0.3 is 8.84 Å². The van der Waals surface area contributed by atoms with Gasteiger partial charge in [-0.1, -0.05) is 33.3 Å². The second-order valence-corrected chi connectivity index (χ2v) is 14.5. The Labute approximate surface area is 159 Å². The molecular formula is C22H34O3Si. The lowest BCUT2D eigenvalue weighted by Gasteiger charge is -2.44. The molecule has 0 saturated heterocycles. The molecule has 3 rings (SSSR count). The van der Waals surface area contributed by atoms with Crippen LogP contribution in [0.2, 0.25) is 18.1 Å². The lowest BCUT2D eigenvalue weighted by Crippen LogP contribution is -2.47. The fourth-order valence-electron chi connectivity index (χ4n) is 4.29. The Hall–Kier alpha value is -1.13. The minimum Gasteiger partial charge on any atom is -0.469 e. The van der Waals surface area contributed by atoms with Crippen molar-refractivity contribution in [3.8, 4) is 0 Å². The average molecular weight is 375 g/mol. The standard InChI is InChI=1S/C22H34O3Si/c1-21(2,3)26(5,6)25-20-12-11-18-17(10-9-16-8-7-15-24-16)19(23)13-14-22(18,20)4/h7-8,15,20H,9-14H2,1-6H3/t20-,22-/m0/s1. The summed E-state index contributed by atoms with van der Waals surface area (Å²) < 4.78 is 12.3. The number of carbonyl (C=O) groups is 1. The molecular weight excluding hydrogens is 340 g/mol. The second-order valence-electron chi connectivity index (χ2n) is 9.78. The van der Waals surface area contributed by atoms with E-state index in [2.05, 4.69) is 40.8 Å². The molecule has 2 aliphatic carbocycles.